The maximum atomic E-state index is 14.2. The van der Waals surface area contributed by atoms with Gasteiger partial charge in [0.1, 0.15) is 5.82 Å². The average molecular weight is 280 g/mol. The van der Waals surface area contributed by atoms with Crippen LogP contribution in [-0.4, -0.2) is 42.2 Å². The summed E-state index contributed by atoms with van der Waals surface area (Å²) in [5.41, 5.74) is 1.26. The molecule has 2 atom stereocenters. The van der Waals surface area contributed by atoms with Crippen molar-refractivity contribution < 1.29 is 9.50 Å². The van der Waals surface area contributed by atoms with Gasteiger partial charge in [-0.3, -0.25) is 4.90 Å². The van der Waals surface area contributed by atoms with Crippen LogP contribution in [0.2, 0.25) is 0 Å². The fourth-order valence-electron chi connectivity index (χ4n) is 2.85. The number of benzene rings is 1. The maximum absolute atomic E-state index is 14.2. The van der Waals surface area contributed by atoms with E-state index >= 15 is 0 Å². The largest absolute Gasteiger partial charge is 0.389 e. The van der Waals surface area contributed by atoms with Crippen LogP contribution in [-0.2, 0) is 0 Å². The summed E-state index contributed by atoms with van der Waals surface area (Å²) in [7, 11) is 0. The molecule has 2 unspecified atom stereocenters. The standard InChI is InChI=1S/C16H25FN2O/c1-4-12(2)18-8-10-19(11-9-18)16-14(13(3)20)6-5-7-15(16)17/h5-7,12-13,20H,4,8-11H2,1-3H3. The Morgan fingerprint density at radius 3 is 2.40 bits per heavy atom. The number of rotatable bonds is 4. The van der Waals surface area contributed by atoms with Crippen LogP contribution in [0.1, 0.15) is 38.9 Å². The predicted molar refractivity (Wildman–Crippen MR) is 80.6 cm³/mol. The van der Waals surface area contributed by atoms with Crippen LogP contribution in [0.25, 0.3) is 0 Å². The van der Waals surface area contributed by atoms with E-state index in [1.807, 2.05) is 6.07 Å². The van der Waals surface area contributed by atoms with Crippen molar-refractivity contribution in [2.45, 2.75) is 39.3 Å². The van der Waals surface area contributed by atoms with Crippen molar-refractivity contribution in [2.24, 2.45) is 0 Å². The van der Waals surface area contributed by atoms with Gasteiger partial charge < -0.3 is 10.0 Å². The lowest BCUT2D eigenvalue weighted by Crippen LogP contribution is -2.50. The minimum atomic E-state index is -0.645. The molecule has 3 nitrogen and oxygen atoms in total. The molecule has 4 heteroatoms. The number of hydrogen-bond acceptors (Lipinski definition) is 3. The Morgan fingerprint density at radius 2 is 1.85 bits per heavy atom. The number of aliphatic hydroxyl groups excluding tert-OH is 1. The second kappa shape index (κ2) is 6.55. The van der Waals surface area contributed by atoms with Crippen LogP contribution in [0.5, 0.6) is 0 Å². The van der Waals surface area contributed by atoms with Crippen molar-refractivity contribution in [1.82, 2.24) is 4.90 Å². The normalized spacial score (nSPS) is 19.9. The zero-order valence-corrected chi connectivity index (χ0v) is 12.6. The molecule has 0 spiro atoms. The highest BCUT2D eigenvalue weighted by Gasteiger charge is 2.24. The molecule has 1 aliphatic rings. The third kappa shape index (κ3) is 3.13. The van der Waals surface area contributed by atoms with Crippen molar-refractivity contribution >= 4 is 5.69 Å². The fraction of sp³-hybridized carbons (Fsp3) is 0.625. The monoisotopic (exact) mass is 280 g/mol. The smallest absolute Gasteiger partial charge is 0.146 e. The van der Waals surface area contributed by atoms with E-state index in [9.17, 15) is 9.50 Å². The van der Waals surface area contributed by atoms with E-state index in [0.29, 0.717) is 17.3 Å². The summed E-state index contributed by atoms with van der Waals surface area (Å²) < 4.78 is 14.2. The second-order valence-corrected chi connectivity index (χ2v) is 5.63. The highest BCUT2D eigenvalue weighted by Crippen LogP contribution is 2.30. The number of para-hydroxylation sites is 1. The average Bonchev–Trinajstić information content (AvgIpc) is 2.46. The Labute approximate surface area is 121 Å². The van der Waals surface area contributed by atoms with Crippen molar-refractivity contribution in [3.8, 4) is 0 Å². The molecule has 0 amide bonds. The van der Waals surface area contributed by atoms with Gasteiger partial charge in [-0.05, 0) is 26.3 Å². The first-order valence-electron chi connectivity index (χ1n) is 7.50. The van der Waals surface area contributed by atoms with Gasteiger partial charge in [-0.1, -0.05) is 19.1 Å². The highest BCUT2D eigenvalue weighted by molar-refractivity contribution is 5.56. The van der Waals surface area contributed by atoms with Crippen LogP contribution >= 0.6 is 0 Å². The first-order valence-corrected chi connectivity index (χ1v) is 7.50. The predicted octanol–water partition coefficient (Wildman–Crippen LogP) is 2.80. The van der Waals surface area contributed by atoms with Gasteiger partial charge in [-0.2, -0.15) is 0 Å². The number of aliphatic hydroxyl groups is 1. The van der Waals surface area contributed by atoms with Crippen LogP contribution in [0.15, 0.2) is 18.2 Å². The molecular formula is C16H25FN2O. The van der Waals surface area contributed by atoms with E-state index in [4.69, 9.17) is 0 Å². The van der Waals surface area contributed by atoms with Crippen LogP contribution in [0.4, 0.5) is 10.1 Å². The lowest BCUT2D eigenvalue weighted by atomic mass is 10.1. The lowest BCUT2D eigenvalue weighted by Gasteiger charge is -2.39. The van der Waals surface area contributed by atoms with Gasteiger partial charge in [0, 0.05) is 37.8 Å². The summed E-state index contributed by atoms with van der Waals surface area (Å²) in [6.45, 7) is 9.63. The van der Waals surface area contributed by atoms with E-state index in [1.165, 1.54) is 6.07 Å². The highest BCUT2D eigenvalue weighted by atomic mass is 19.1. The van der Waals surface area contributed by atoms with Crippen molar-refractivity contribution in [3.05, 3.63) is 29.6 Å². The SMILES string of the molecule is CCC(C)N1CCN(c2c(F)cccc2C(C)O)CC1. The molecule has 1 fully saturated rings. The summed E-state index contributed by atoms with van der Waals surface area (Å²) in [6.07, 6.45) is 0.492. The Hall–Kier alpha value is -1.13. The first kappa shape index (κ1) is 15.3. The topological polar surface area (TPSA) is 26.7 Å². The van der Waals surface area contributed by atoms with Crippen LogP contribution in [0.3, 0.4) is 0 Å². The van der Waals surface area contributed by atoms with E-state index in [2.05, 4.69) is 23.6 Å². The number of hydrogen-bond donors (Lipinski definition) is 1. The van der Waals surface area contributed by atoms with Gasteiger partial charge in [-0.15, -0.1) is 0 Å². The summed E-state index contributed by atoms with van der Waals surface area (Å²) in [5, 5.41) is 9.83. The molecule has 20 heavy (non-hydrogen) atoms. The zero-order valence-electron chi connectivity index (χ0n) is 12.6. The van der Waals surface area contributed by atoms with Crippen molar-refractivity contribution in [3.63, 3.8) is 0 Å². The lowest BCUT2D eigenvalue weighted by molar-refractivity contribution is 0.188. The van der Waals surface area contributed by atoms with E-state index < -0.39 is 6.10 Å². The third-order valence-corrected chi connectivity index (χ3v) is 4.31. The van der Waals surface area contributed by atoms with Crippen LogP contribution in [0, 0.1) is 5.82 Å². The third-order valence-electron chi connectivity index (χ3n) is 4.31. The number of nitrogens with zero attached hydrogens (tertiary/aromatic N) is 2. The van der Waals surface area contributed by atoms with Crippen LogP contribution < -0.4 is 4.90 Å². The molecule has 1 saturated heterocycles. The molecule has 0 aliphatic carbocycles. The molecule has 1 aromatic carbocycles. The first-order chi connectivity index (χ1) is 9.54. The van der Waals surface area contributed by atoms with Crippen molar-refractivity contribution in [1.29, 1.82) is 0 Å². The minimum Gasteiger partial charge on any atom is -0.389 e. The molecule has 1 aromatic rings. The van der Waals surface area contributed by atoms with Crippen molar-refractivity contribution in [2.75, 3.05) is 31.1 Å². The minimum absolute atomic E-state index is 0.236. The molecule has 0 saturated carbocycles. The second-order valence-electron chi connectivity index (χ2n) is 5.63. The fourth-order valence-corrected chi connectivity index (χ4v) is 2.85. The Morgan fingerprint density at radius 1 is 1.20 bits per heavy atom. The summed E-state index contributed by atoms with van der Waals surface area (Å²) in [6, 6.07) is 5.52. The molecule has 2 rings (SSSR count). The Kier molecular flexibility index (Phi) is 5.00. The number of piperazine rings is 1. The van der Waals surface area contributed by atoms with Gasteiger partial charge in [0.25, 0.3) is 0 Å². The van der Waals surface area contributed by atoms with E-state index in [1.54, 1.807) is 13.0 Å². The number of anilines is 1. The van der Waals surface area contributed by atoms with Gasteiger partial charge in [0.15, 0.2) is 0 Å². The summed E-state index contributed by atoms with van der Waals surface area (Å²) >= 11 is 0. The molecule has 1 heterocycles. The molecule has 112 valence electrons. The molecule has 0 bridgehead atoms. The number of halogens is 1. The zero-order chi connectivity index (χ0) is 14.7. The van der Waals surface area contributed by atoms with Gasteiger partial charge in [0.2, 0.25) is 0 Å². The maximum Gasteiger partial charge on any atom is 0.146 e. The van der Waals surface area contributed by atoms with E-state index in [0.717, 1.165) is 32.6 Å². The van der Waals surface area contributed by atoms with Gasteiger partial charge in [0.05, 0.1) is 11.8 Å². The molecule has 0 radical (unpaired) electrons. The summed E-state index contributed by atoms with van der Waals surface area (Å²) in [4.78, 5) is 4.51. The molecule has 1 N–H and O–H groups in total. The Bertz CT molecular complexity index is 442. The van der Waals surface area contributed by atoms with Gasteiger partial charge >= 0.3 is 0 Å². The molecular weight excluding hydrogens is 255 g/mol. The summed E-state index contributed by atoms with van der Waals surface area (Å²) in [5.74, 6) is -0.236. The van der Waals surface area contributed by atoms with Gasteiger partial charge in [-0.25, -0.2) is 4.39 Å². The molecule has 1 aliphatic heterocycles. The Balaban J connectivity index is 2.15. The molecule has 0 aromatic heterocycles. The van der Waals surface area contributed by atoms with E-state index in [-0.39, 0.29) is 5.82 Å². The quantitative estimate of drug-likeness (QED) is 0.918.